The van der Waals surface area contributed by atoms with Crippen LogP contribution < -0.4 is 5.32 Å². The van der Waals surface area contributed by atoms with Gasteiger partial charge in [-0.1, -0.05) is 0 Å². The fraction of sp³-hybridized carbons (Fsp3) is 0.364. The number of nitrogens with zero attached hydrogens (tertiary/aromatic N) is 4. The molecular weight excluding hydrogens is 202 g/mol. The van der Waals surface area contributed by atoms with Gasteiger partial charge in [0, 0.05) is 31.5 Å². The average Bonchev–Trinajstić information content (AvgIpc) is 2.69. The Morgan fingerprint density at radius 2 is 2.00 bits per heavy atom. The molecule has 0 aromatic carbocycles. The van der Waals surface area contributed by atoms with E-state index in [1.165, 1.54) is 0 Å². The van der Waals surface area contributed by atoms with E-state index in [9.17, 15) is 0 Å². The van der Waals surface area contributed by atoms with Crippen molar-refractivity contribution in [3.63, 3.8) is 0 Å². The van der Waals surface area contributed by atoms with Gasteiger partial charge in [0.05, 0.1) is 11.8 Å². The summed E-state index contributed by atoms with van der Waals surface area (Å²) in [4.78, 5) is 8.92. The fourth-order valence-corrected chi connectivity index (χ4v) is 1.54. The average molecular weight is 217 g/mol. The quantitative estimate of drug-likeness (QED) is 0.829. The molecule has 0 atom stereocenters. The largest absolute Gasteiger partial charge is 0.373 e. The molecule has 5 nitrogen and oxygen atoms in total. The second-order valence-corrected chi connectivity index (χ2v) is 3.76. The molecule has 2 aromatic rings. The van der Waals surface area contributed by atoms with E-state index in [2.05, 4.69) is 20.4 Å². The van der Waals surface area contributed by atoms with Crippen molar-refractivity contribution in [2.75, 3.05) is 12.4 Å². The lowest BCUT2D eigenvalue weighted by molar-refractivity contribution is 0.768. The van der Waals surface area contributed by atoms with Gasteiger partial charge in [0.25, 0.3) is 0 Å². The van der Waals surface area contributed by atoms with E-state index in [0.717, 1.165) is 22.6 Å². The predicted molar refractivity (Wildman–Crippen MR) is 63.3 cm³/mol. The minimum absolute atomic E-state index is 0.709. The Hall–Kier alpha value is -1.91. The standard InChI is InChI=1S/C11H15N5/c1-7-8(2)14-11(15-10(7)12-3)9-5-13-16(4)6-9/h5-6H,1-4H3,(H,12,14,15). The second-order valence-electron chi connectivity index (χ2n) is 3.76. The van der Waals surface area contributed by atoms with Crippen LogP contribution in [0.1, 0.15) is 11.3 Å². The number of hydrogen-bond acceptors (Lipinski definition) is 4. The maximum Gasteiger partial charge on any atom is 0.164 e. The summed E-state index contributed by atoms with van der Waals surface area (Å²) in [6, 6.07) is 0. The van der Waals surface area contributed by atoms with Crippen LogP contribution in [-0.4, -0.2) is 26.8 Å². The van der Waals surface area contributed by atoms with Gasteiger partial charge in [-0.15, -0.1) is 0 Å². The number of rotatable bonds is 2. The summed E-state index contributed by atoms with van der Waals surface area (Å²) in [5.41, 5.74) is 3.00. The first-order valence-electron chi connectivity index (χ1n) is 5.14. The molecule has 0 fully saturated rings. The van der Waals surface area contributed by atoms with E-state index in [0.29, 0.717) is 5.82 Å². The van der Waals surface area contributed by atoms with E-state index in [-0.39, 0.29) is 0 Å². The van der Waals surface area contributed by atoms with Crippen molar-refractivity contribution in [3.05, 3.63) is 23.7 Å². The maximum atomic E-state index is 4.46. The van der Waals surface area contributed by atoms with E-state index < -0.39 is 0 Å². The first-order valence-corrected chi connectivity index (χ1v) is 5.14. The van der Waals surface area contributed by atoms with Crippen LogP contribution in [0.25, 0.3) is 11.4 Å². The second kappa shape index (κ2) is 3.92. The van der Waals surface area contributed by atoms with Crippen molar-refractivity contribution in [1.29, 1.82) is 0 Å². The Kier molecular flexibility index (Phi) is 2.60. The molecule has 0 saturated carbocycles. The molecule has 0 radical (unpaired) electrons. The molecule has 2 rings (SSSR count). The van der Waals surface area contributed by atoms with Gasteiger partial charge in [-0.2, -0.15) is 5.10 Å². The van der Waals surface area contributed by atoms with Crippen LogP contribution in [0.2, 0.25) is 0 Å². The topological polar surface area (TPSA) is 55.6 Å². The molecule has 84 valence electrons. The number of nitrogens with one attached hydrogen (secondary N) is 1. The van der Waals surface area contributed by atoms with Gasteiger partial charge in [-0.25, -0.2) is 9.97 Å². The van der Waals surface area contributed by atoms with Gasteiger partial charge in [-0.05, 0) is 13.8 Å². The normalized spacial score (nSPS) is 10.5. The van der Waals surface area contributed by atoms with Crippen LogP contribution in [0.5, 0.6) is 0 Å². The Morgan fingerprint density at radius 3 is 2.56 bits per heavy atom. The Morgan fingerprint density at radius 1 is 1.25 bits per heavy atom. The van der Waals surface area contributed by atoms with Gasteiger partial charge >= 0.3 is 0 Å². The van der Waals surface area contributed by atoms with Crippen LogP contribution in [0.15, 0.2) is 12.4 Å². The molecule has 0 bridgehead atoms. The molecule has 0 spiro atoms. The third-order valence-corrected chi connectivity index (χ3v) is 2.59. The van der Waals surface area contributed by atoms with Crippen molar-refractivity contribution in [2.45, 2.75) is 13.8 Å². The zero-order chi connectivity index (χ0) is 11.7. The molecular formula is C11H15N5. The van der Waals surface area contributed by atoms with Crippen LogP contribution in [0, 0.1) is 13.8 Å². The minimum Gasteiger partial charge on any atom is -0.373 e. The molecule has 0 aliphatic carbocycles. The molecule has 0 amide bonds. The van der Waals surface area contributed by atoms with E-state index in [1.807, 2.05) is 34.1 Å². The van der Waals surface area contributed by atoms with Gasteiger partial charge in [-0.3, -0.25) is 4.68 Å². The van der Waals surface area contributed by atoms with E-state index in [4.69, 9.17) is 0 Å². The predicted octanol–water partition coefficient (Wildman–Crippen LogP) is 1.54. The lowest BCUT2D eigenvalue weighted by Crippen LogP contribution is -2.02. The summed E-state index contributed by atoms with van der Waals surface area (Å²) >= 11 is 0. The third kappa shape index (κ3) is 1.76. The summed E-state index contributed by atoms with van der Waals surface area (Å²) in [7, 11) is 3.74. The van der Waals surface area contributed by atoms with Crippen molar-refractivity contribution >= 4 is 5.82 Å². The SMILES string of the molecule is CNc1nc(-c2cnn(C)c2)nc(C)c1C. The lowest BCUT2D eigenvalue weighted by Gasteiger charge is -2.08. The van der Waals surface area contributed by atoms with Crippen LogP contribution in [-0.2, 0) is 7.05 Å². The molecule has 0 aliphatic rings. The Labute approximate surface area is 94.5 Å². The molecule has 2 aromatic heterocycles. The van der Waals surface area contributed by atoms with E-state index >= 15 is 0 Å². The zero-order valence-electron chi connectivity index (χ0n) is 9.94. The summed E-state index contributed by atoms with van der Waals surface area (Å²) in [5.74, 6) is 1.58. The first kappa shape index (κ1) is 10.6. The summed E-state index contributed by atoms with van der Waals surface area (Å²) in [6.45, 7) is 3.99. The Balaban J connectivity index is 2.54. The highest BCUT2D eigenvalue weighted by atomic mass is 15.2. The minimum atomic E-state index is 0.709. The zero-order valence-corrected chi connectivity index (χ0v) is 9.94. The molecule has 5 heteroatoms. The van der Waals surface area contributed by atoms with Gasteiger partial charge in [0.15, 0.2) is 5.82 Å². The highest BCUT2D eigenvalue weighted by Crippen LogP contribution is 2.20. The highest BCUT2D eigenvalue weighted by molar-refractivity contribution is 5.57. The van der Waals surface area contributed by atoms with Crippen LogP contribution in [0.3, 0.4) is 0 Å². The number of aromatic nitrogens is 4. The molecule has 16 heavy (non-hydrogen) atoms. The molecule has 0 aliphatic heterocycles. The van der Waals surface area contributed by atoms with Crippen molar-refractivity contribution in [1.82, 2.24) is 19.7 Å². The molecule has 0 saturated heterocycles. The van der Waals surface area contributed by atoms with Crippen LogP contribution in [0.4, 0.5) is 5.82 Å². The summed E-state index contributed by atoms with van der Waals surface area (Å²) in [6.07, 6.45) is 3.67. The smallest absolute Gasteiger partial charge is 0.164 e. The number of aryl methyl sites for hydroxylation is 2. The van der Waals surface area contributed by atoms with Crippen LogP contribution >= 0.6 is 0 Å². The summed E-state index contributed by atoms with van der Waals surface area (Å²) < 4.78 is 1.74. The highest BCUT2D eigenvalue weighted by Gasteiger charge is 2.09. The Bertz CT molecular complexity index is 515. The fourth-order valence-electron chi connectivity index (χ4n) is 1.54. The van der Waals surface area contributed by atoms with Crippen molar-refractivity contribution < 1.29 is 0 Å². The van der Waals surface area contributed by atoms with Crippen molar-refractivity contribution in [2.24, 2.45) is 7.05 Å². The summed E-state index contributed by atoms with van der Waals surface area (Å²) in [5, 5.41) is 7.19. The lowest BCUT2D eigenvalue weighted by atomic mass is 10.2. The maximum absolute atomic E-state index is 4.46. The molecule has 1 N–H and O–H groups in total. The number of anilines is 1. The van der Waals surface area contributed by atoms with Gasteiger partial charge in [0.1, 0.15) is 5.82 Å². The number of hydrogen-bond donors (Lipinski definition) is 1. The monoisotopic (exact) mass is 217 g/mol. The first-order chi connectivity index (χ1) is 7.61. The molecule has 0 unspecified atom stereocenters. The van der Waals surface area contributed by atoms with Crippen molar-refractivity contribution in [3.8, 4) is 11.4 Å². The third-order valence-electron chi connectivity index (χ3n) is 2.59. The van der Waals surface area contributed by atoms with E-state index in [1.54, 1.807) is 10.9 Å². The van der Waals surface area contributed by atoms with Gasteiger partial charge < -0.3 is 5.32 Å². The van der Waals surface area contributed by atoms with Gasteiger partial charge in [0.2, 0.25) is 0 Å². The molecule has 2 heterocycles.